The van der Waals surface area contributed by atoms with Crippen molar-refractivity contribution in [3.8, 4) is 0 Å². The smallest absolute Gasteiger partial charge is 0.0340 e. The SMILES string of the molecule is C(=N/C=C/c1ccccc1)c1ccccc1. The summed E-state index contributed by atoms with van der Waals surface area (Å²) in [5.74, 6) is 0. The highest BCUT2D eigenvalue weighted by atomic mass is 14.7. The molecule has 0 N–H and O–H groups in total. The van der Waals surface area contributed by atoms with Crippen LogP contribution in [0.25, 0.3) is 6.08 Å². The number of aliphatic imine (C=N–C) groups is 1. The average Bonchev–Trinajstić information content (AvgIpc) is 2.37. The van der Waals surface area contributed by atoms with Crippen LogP contribution >= 0.6 is 0 Å². The Morgan fingerprint density at radius 3 is 1.88 bits per heavy atom. The van der Waals surface area contributed by atoms with Crippen molar-refractivity contribution in [3.05, 3.63) is 78.0 Å². The Bertz CT molecular complexity index is 422. The molecule has 78 valence electrons. The fraction of sp³-hybridized carbons (Fsp3) is 0. The summed E-state index contributed by atoms with van der Waals surface area (Å²) in [6.07, 6.45) is 5.64. The first-order valence-electron chi connectivity index (χ1n) is 5.25. The molecule has 16 heavy (non-hydrogen) atoms. The molecule has 0 radical (unpaired) electrons. The molecule has 0 spiro atoms. The third-order valence-corrected chi connectivity index (χ3v) is 2.18. The highest BCUT2D eigenvalue weighted by Gasteiger charge is 1.82. The predicted molar refractivity (Wildman–Crippen MR) is 69.5 cm³/mol. The number of hydrogen-bond donors (Lipinski definition) is 0. The van der Waals surface area contributed by atoms with Crippen LogP contribution in [0.15, 0.2) is 71.9 Å². The number of hydrogen-bond acceptors (Lipinski definition) is 1. The van der Waals surface area contributed by atoms with E-state index in [1.165, 1.54) is 0 Å². The third kappa shape index (κ3) is 3.21. The van der Waals surface area contributed by atoms with Crippen molar-refractivity contribution in [2.75, 3.05) is 0 Å². The lowest BCUT2D eigenvalue weighted by Gasteiger charge is -1.89. The molecule has 0 bridgehead atoms. The van der Waals surface area contributed by atoms with Crippen molar-refractivity contribution >= 4 is 12.3 Å². The zero-order chi connectivity index (χ0) is 11.1. The van der Waals surface area contributed by atoms with Gasteiger partial charge >= 0.3 is 0 Å². The van der Waals surface area contributed by atoms with Crippen molar-refractivity contribution in [2.24, 2.45) is 4.99 Å². The van der Waals surface area contributed by atoms with Gasteiger partial charge in [0.2, 0.25) is 0 Å². The molecule has 2 aromatic rings. The van der Waals surface area contributed by atoms with Crippen LogP contribution in [0, 0.1) is 0 Å². The topological polar surface area (TPSA) is 12.4 Å². The van der Waals surface area contributed by atoms with Gasteiger partial charge in [0.1, 0.15) is 0 Å². The van der Waals surface area contributed by atoms with E-state index >= 15 is 0 Å². The van der Waals surface area contributed by atoms with Crippen LogP contribution in [0.3, 0.4) is 0 Å². The largest absolute Gasteiger partial charge is 0.264 e. The standard InChI is InChI=1S/C15H13N/c1-3-7-14(8-4-1)11-12-16-13-15-9-5-2-6-10-15/h1-13H/b12-11+,16-13?. The van der Waals surface area contributed by atoms with Gasteiger partial charge in [0.25, 0.3) is 0 Å². The van der Waals surface area contributed by atoms with Crippen LogP contribution in [0.5, 0.6) is 0 Å². The lowest BCUT2D eigenvalue weighted by molar-refractivity contribution is 1.57. The molecule has 0 aliphatic carbocycles. The predicted octanol–water partition coefficient (Wildman–Crippen LogP) is 3.78. The molecule has 0 heterocycles. The maximum atomic E-state index is 4.23. The van der Waals surface area contributed by atoms with E-state index in [9.17, 15) is 0 Å². The molecular weight excluding hydrogens is 194 g/mol. The molecule has 0 atom stereocenters. The Hall–Kier alpha value is -2.15. The minimum atomic E-state index is 1.11. The van der Waals surface area contributed by atoms with E-state index in [2.05, 4.69) is 17.1 Å². The van der Waals surface area contributed by atoms with Crippen LogP contribution in [0.1, 0.15) is 11.1 Å². The van der Waals surface area contributed by atoms with Gasteiger partial charge in [0.05, 0.1) is 0 Å². The Balaban J connectivity index is 1.98. The number of rotatable bonds is 3. The molecule has 0 fully saturated rings. The highest BCUT2D eigenvalue weighted by Crippen LogP contribution is 2.01. The minimum Gasteiger partial charge on any atom is -0.264 e. The molecule has 2 aromatic carbocycles. The molecule has 0 amide bonds. The molecule has 0 aliphatic heterocycles. The molecule has 0 saturated carbocycles. The van der Waals surface area contributed by atoms with E-state index < -0.39 is 0 Å². The first-order valence-corrected chi connectivity index (χ1v) is 5.25. The molecule has 0 saturated heterocycles. The Kier molecular flexibility index (Phi) is 3.67. The van der Waals surface area contributed by atoms with Crippen molar-refractivity contribution < 1.29 is 0 Å². The summed E-state index contributed by atoms with van der Waals surface area (Å²) < 4.78 is 0. The molecule has 1 nitrogen and oxygen atoms in total. The van der Waals surface area contributed by atoms with Crippen LogP contribution in [-0.2, 0) is 0 Å². The quantitative estimate of drug-likeness (QED) is 0.679. The van der Waals surface area contributed by atoms with Crippen LogP contribution < -0.4 is 0 Å². The maximum Gasteiger partial charge on any atom is 0.0340 e. The fourth-order valence-corrected chi connectivity index (χ4v) is 1.36. The first kappa shape index (κ1) is 10.4. The van der Waals surface area contributed by atoms with Gasteiger partial charge in [-0.25, -0.2) is 0 Å². The second-order valence-corrected chi connectivity index (χ2v) is 3.42. The van der Waals surface area contributed by atoms with Gasteiger partial charge in [-0.2, -0.15) is 0 Å². The minimum absolute atomic E-state index is 1.11. The molecule has 2 rings (SSSR count). The lowest BCUT2D eigenvalue weighted by atomic mass is 10.2. The van der Waals surface area contributed by atoms with Crippen LogP contribution in [-0.4, -0.2) is 6.21 Å². The van der Waals surface area contributed by atoms with Gasteiger partial charge in [-0.15, -0.1) is 0 Å². The summed E-state index contributed by atoms with van der Waals surface area (Å²) >= 11 is 0. The van der Waals surface area contributed by atoms with E-state index in [1.54, 1.807) is 0 Å². The van der Waals surface area contributed by atoms with Gasteiger partial charge < -0.3 is 0 Å². The Labute approximate surface area is 95.8 Å². The Morgan fingerprint density at radius 1 is 0.688 bits per heavy atom. The van der Waals surface area contributed by atoms with E-state index in [0.29, 0.717) is 0 Å². The first-order chi connectivity index (χ1) is 7.95. The van der Waals surface area contributed by atoms with Gasteiger partial charge in [-0.1, -0.05) is 60.7 Å². The van der Waals surface area contributed by atoms with Crippen molar-refractivity contribution in [1.29, 1.82) is 0 Å². The van der Waals surface area contributed by atoms with E-state index in [-0.39, 0.29) is 0 Å². The summed E-state index contributed by atoms with van der Waals surface area (Å²) in [4.78, 5) is 4.23. The normalized spacial score (nSPS) is 11.2. The van der Waals surface area contributed by atoms with E-state index in [4.69, 9.17) is 0 Å². The van der Waals surface area contributed by atoms with Gasteiger partial charge in [-0.3, -0.25) is 4.99 Å². The maximum absolute atomic E-state index is 4.23. The van der Waals surface area contributed by atoms with E-state index in [1.807, 2.05) is 67.0 Å². The monoisotopic (exact) mass is 207 g/mol. The highest BCUT2D eigenvalue weighted by molar-refractivity contribution is 5.80. The van der Waals surface area contributed by atoms with Crippen molar-refractivity contribution in [1.82, 2.24) is 0 Å². The van der Waals surface area contributed by atoms with Crippen LogP contribution in [0.2, 0.25) is 0 Å². The fourth-order valence-electron chi connectivity index (χ4n) is 1.36. The number of nitrogens with zero attached hydrogens (tertiary/aromatic N) is 1. The summed E-state index contributed by atoms with van der Waals surface area (Å²) in [5, 5.41) is 0. The summed E-state index contributed by atoms with van der Waals surface area (Å²) in [6, 6.07) is 20.2. The molecule has 0 unspecified atom stereocenters. The molecular formula is C15H13N. The third-order valence-electron chi connectivity index (χ3n) is 2.18. The summed E-state index contributed by atoms with van der Waals surface area (Å²) in [7, 11) is 0. The zero-order valence-electron chi connectivity index (χ0n) is 8.95. The number of benzene rings is 2. The van der Waals surface area contributed by atoms with Crippen molar-refractivity contribution in [2.45, 2.75) is 0 Å². The van der Waals surface area contributed by atoms with Gasteiger partial charge in [0.15, 0.2) is 0 Å². The lowest BCUT2D eigenvalue weighted by Crippen LogP contribution is -1.76. The second-order valence-electron chi connectivity index (χ2n) is 3.42. The average molecular weight is 207 g/mol. The molecule has 0 aliphatic rings. The van der Waals surface area contributed by atoms with Gasteiger partial charge in [0, 0.05) is 12.4 Å². The van der Waals surface area contributed by atoms with Gasteiger partial charge in [-0.05, 0) is 17.2 Å². The van der Waals surface area contributed by atoms with E-state index in [0.717, 1.165) is 11.1 Å². The summed E-state index contributed by atoms with van der Waals surface area (Å²) in [5.41, 5.74) is 2.27. The zero-order valence-corrected chi connectivity index (χ0v) is 8.95. The Morgan fingerprint density at radius 2 is 1.25 bits per heavy atom. The second kappa shape index (κ2) is 5.66. The molecule has 1 heteroatoms. The van der Waals surface area contributed by atoms with Crippen molar-refractivity contribution in [3.63, 3.8) is 0 Å². The summed E-state index contributed by atoms with van der Waals surface area (Å²) in [6.45, 7) is 0. The molecule has 0 aromatic heterocycles. The van der Waals surface area contributed by atoms with Crippen LogP contribution in [0.4, 0.5) is 0 Å².